The normalized spacial score (nSPS) is 18.0. The van der Waals surface area contributed by atoms with Gasteiger partial charge in [-0.2, -0.15) is 0 Å². The third kappa shape index (κ3) is 7.29. The average molecular weight is 417 g/mol. The van der Waals surface area contributed by atoms with Crippen molar-refractivity contribution >= 4 is 17.7 Å². The SMILES string of the molecule is O=C(CC[NH+]1CCCC(c2cccc(O)c2)C1)c1ccc(F)cc1.O=C([O-])C(=O)O. The Bertz CT molecular complexity index is 871. The van der Waals surface area contributed by atoms with Gasteiger partial charge in [0.2, 0.25) is 0 Å². The molecule has 1 heterocycles. The van der Waals surface area contributed by atoms with Gasteiger partial charge in [0, 0.05) is 11.5 Å². The number of rotatable bonds is 5. The van der Waals surface area contributed by atoms with Crippen molar-refractivity contribution < 1.29 is 39.0 Å². The number of carbonyl (C=O) groups is 3. The number of carboxylic acids is 2. The van der Waals surface area contributed by atoms with Gasteiger partial charge in [-0.3, -0.25) is 4.79 Å². The summed E-state index contributed by atoms with van der Waals surface area (Å²) < 4.78 is 12.9. The van der Waals surface area contributed by atoms with Crippen molar-refractivity contribution in [2.75, 3.05) is 19.6 Å². The number of hydrogen-bond donors (Lipinski definition) is 3. The molecule has 0 aromatic heterocycles. The molecule has 0 spiro atoms. The van der Waals surface area contributed by atoms with E-state index in [0.29, 0.717) is 23.7 Å². The van der Waals surface area contributed by atoms with Crippen molar-refractivity contribution in [3.05, 3.63) is 65.5 Å². The number of quaternary nitrogens is 1. The molecular formula is C22H24FNO6. The Kier molecular flexibility index (Phi) is 8.49. The molecule has 8 heteroatoms. The van der Waals surface area contributed by atoms with E-state index in [4.69, 9.17) is 19.8 Å². The maximum atomic E-state index is 12.9. The van der Waals surface area contributed by atoms with Gasteiger partial charge in [0.25, 0.3) is 0 Å². The number of phenolic OH excluding ortho intramolecular Hbond substituents is 1. The van der Waals surface area contributed by atoms with Crippen LogP contribution in [0.3, 0.4) is 0 Å². The fourth-order valence-electron chi connectivity index (χ4n) is 3.51. The van der Waals surface area contributed by atoms with Crippen molar-refractivity contribution in [1.29, 1.82) is 0 Å². The zero-order valence-electron chi connectivity index (χ0n) is 16.3. The highest BCUT2D eigenvalue weighted by Gasteiger charge is 2.25. The standard InChI is InChI=1S/C20H22FNO2.C2H2O4/c21-18-8-6-15(7-9-18)20(24)10-12-22-11-2-4-17(14-22)16-3-1-5-19(23)13-16;3-1(4)2(5)6/h1,3,5-9,13,17,23H,2,4,10-12,14H2;(H,3,4)(H,5,6). The maximum absolute atomic E-state index is 12.9. The summed E-state index contributed by atoms with van der Waals surface area (Å²) in [5, 5.41) is 26.0. The second kappa shape index (κ2) is 11.1. The molecule has 1 fully saturated rings. The predicted molar refractivity (Wildman–Crippen MR) is 104 cm³/mol. The minimum Gasteiger partial charge on any atom is -0.539 e. The topological polar surface area (TPSA) is 119 Å². The highest BCUT2D eigenvalue weighted by atomic mass is 19.1. The summed E-state index contributed by atoms with van der Waals surface area (Å²) in [6.45, 7) is 2.86. The second-order valence-corrected chi connectivity index (χ2v) is 7.16. The number of aromatic hydroxyl groups is 1. The van der Waals surface area contributed by atoms with Crippen LogP contribution in [-0.2, 0) is 9.59 Å². The number of nitrogens with one attached hydrogen (secondary N) is 1. The lowest BCUT2D eigenvalue weighted by molar-refractivity contribution is -0.905. The zero-order valence-corrected chi connectivity index (χ0v) is 16.3. The molecule has 2 aromatic carbocycles. The van der Waals surface area contributed by atoms with Crippen molar-refractivity contribution in [2.45, 2.75) is 25.2 Å². The van der Waals surface area contributed by atoms with Gasteiger partial charge in [0.05, 0.1) is 26.1 Å². The molecule has 2 unspecified atom stereocenters. The van der Waals surface area contributed by atoms with Gasteiger partial charge >= 0.3 is 5.97 Å². The molecule has 0 bridgehead atoms. The number of Topliss-reactive ketones (excluding diaryl/α,β-unsaturated/α-hetero) is 1. The Balaban J connectivity index is 0.000000469. The van der Waals surface area contributed by atoms with E-state index in [0.717, 1.165) is 32.5 Å². The van der Waals surface area contributed by atoms with Crippen LogP contribution >= 0.6 is 0 Å². The van der Waals surface area contributed by atoms with E-state index >= 15 is 0 Å². The van der Waals surface area contributed by atoms with Crippen molar-refractivity contribution in [3.63, 3.8) is 0 Å². The third-order valence-electron chi connectivity index (χ3n) is 5.01. The van der Waals surface area contributed by atoms with E-state index in [2.05, 4.69) is 6.07 Å². The molecule has 1 aliphatic rings. The molecule has 30 heavy (non-hydrogen) atoms. The van der Waals surface area contributed by atoms with Gasteiger partial charge < -0.3 is 25.0 Å². The fourth-order valence-corrected chi connectivity index (χ4v) is 3.51. The fraction of sp³-hybridized carbons (Fsp3) is 0.318. The molecule has 7 nitrogen and oxygen atoms in total. The summed E-state index contributed by atoms with van der Waals surface area (Å²) in [5.74, 6) is -3.51. The van der Waals surface area contributed by atoms with Crippen molar-refractivity contribution in [2.24, 2.45) is 0 Å². The van der Waals surface area contributed by atoms with Gasteiger partial charge in [0.1, 0.15) is 11.6 Å². The Morgan fingerprint density at radius 3 is 2.40 bits per heavy atom. The van der Waals surface area contributed by atoms with E-state index < -0.39 is 11.9 Å². The number of phenols is 1. The summed E-state index contributed by atoms with van der Waals surface area (Å²) in [4.78, 5) is 31.7. The first-order chi connectivity index (χ1) is 14.3. The lowest BCUT2D eigenvalue weighted by atomic mass is 9.90. The Labute approximate surface area is 173 Å². The molecular weight excluding hydrogens is 393 g/mol. The zero-order chi connectivity index (χ0) is 22.1. The van der Waals surface area contributed by atoms with Crippen LogP contribution in [0.2, 0.25) is 0 Å². The first-order valence-electron chi connectivity index (χ1n) is 9.61. The lowest BCUT2D eigenvalue weighted by Gasteiger charge is -2.30. The molecule has 0 amide bonds. The molecule has 3 rings (SSSR count). The number of likely N-dealkylation sites (tertiary alicyclic amines) is 1. The predicted octanol–water partition coefficient (Wildman–Crippen LogP) is 0.388. The first kappa shape index (κ1) is 23.0. The van der Waals surface area contributed by atoms with Crippen LogP contribution in [0.5, 0.6) is 5.75 Å². The van der Waals surface area contributed by atoms with E-state index in [1.54, 1.807) is 18.2 Å². The summed E-state index contributed by atoms with van der Waals surface area (Å²) in [6, 6.07) is 13.3. The van der Waals surface area contributed by atoms with Crippen LogP contribution in [0.25, 0.3) is 0 Å². The molecule has 160 valence electrons. The monoisotopic (exact) mass is 417 g/mol. The number of aliphatic carboxylic acids is 2. The van der Waals surface area contributed by atoms with Crippen LogP contribution in [0.15, 0.2) is 48.5 Å². The smallest absolute Gasteiger partial charge is 0.351 e. The third-order valence-corrected chi connectivity index (χ3v) is 5.01. The summed E-state index contributed by atoms with van der Waals surface area (Å²) in [5.41, 5.74) is 1.76. The molecule has 2 aromatic rings. The molecule has 0 aliphatic carbocycles. The highest BCUT2D eigenvalue weighted by molar-refractivity contribution is 6.26. The summed E-state index contributed by atoms with van der Waals surface area (Å²) in [7, 11) is 0. The number of ketones is 1. The van der Waals surface area contributed by atoms with E-state index in [1.165, 1.54) is 22.6 Å². The summed E-state index contributed by atoms with van der Waals surface area (Å²) in [6.07, 6.45) is 2.73. The maximum Gasteiger partial charge on any atom is 0.351 e. The largest absolute Gasteiger partial charge is 0.539 e. The van der Waals surface area contributed by atoms with Gasteiger partial charge in [-0.25, -0.2) is 9.18 Å². The van der Waals surface area contributed by atoms with Crippen molar-refractivity contribution in [1.82, 2.24) is 0 Å². The molecule has 2 atom stereocenters. The van der Waals surface area contributed by atoms with E-state index in [-0.39, 0.29) is 11.6 Å². The number of carboxylic acid groups (broad SMARTS) is 2. The lowest BCUT2D eigenvalue weighted by Crippen LogP contribution is -3.13. The molecule has 1 saturated heterocycles. The average Bonchev–Trinajstić information content (AvgIpc) is 2.73. The Morgan fingerprint density at radius 1 is 1.13 bits per heavy atom. The molecule has 0 saturated carbocycles. The van der Waals surface area contributed by atoms with Crippen LogP contribution in [0, 0.1) is 5.82 Å². The van der Waals surface area contributed by atoms with E-state index in [1.807, 2.05) is 12.1 Å². The number of piperidine rings is 1. The Hall–Kier alpha value is -3.26. The highest BCUT2D eigenvalue weighted by Crippen LogP contribution is 2.24. The second-order valence-electron chi connectivity index (χ2n) is 7.16. The number of benzene rings is 2. The first-order valence-corrected chi connectivity index (χ1v) is 9.61. The summed E-state index contributed by atoms with van der Waals surface area (Å²) >= 11 is 0. The quantitative estimate of drug-likeness (QED) is 0.478. The number of carbonyl (C=O) groups excluding carboxylic acids is 2. The number of hydrogen-bond acceptors (Lipinski definition) is 5. The van der Waals surface area contributed by atoms with Gasteiger partial charge in [-0.05, 0) is 54.8 Å². The van der Waals surface area contributed by atoms with Crippen molar-refractivity contribution in [3.8, 4) is 5.75 Å². The van der Waals surface area contributed by atoms with Crippen LogP contribution in [0.4, 0.5) is 4.39 Å². The number of halogens is 1. The van der Waals surface area contributed by atoms with E-state index in [9.17, 15) is 14.3 Å². The van der Waals surface area contributed by atoms with Gasteiger partial charge in [-0.15, -0.1) is 0 Å². The minimum absolute atomic E-state index is 0.0713. The van der Waals surface area contributed by atoms with Gasteiger partial charge in [0.15, 0.2) is 11.8 Å². The van der Waals surface area contributed by atoms with Gasteiger partial charge in [-0.1, -0.05) is 12.1 Å². The van der Waals surface area contributed by atoms with Crippen LogP contribution in [-0.4, -0.2) is 47.6 Å². The molecule has 3 N–H and O–H groups in total. The van der Waals surface area contributed by atoms with Crippen LogP contribution in [0.1, 0.15) is 41.1 Å². The molecule has 0 radical (unpaired) electrons. The minimum atomic E-state index is -2.07. The van der Waals surface area contributed by atoms with Crippen LogP contribution < -0.4 is 10.0 Å². The molecule has 1 aliphatic heterocycles. The Morgan fingerprint density at radius 2 is 1.80 bits per heavy atom.